The highest BCUT2D eigenvalue weighted by atomic mass is 16.6. The molecule has 0 atom stereocenters. The van der Waals surface area contributed by atoms with E-state index >= 15 is 0 Å². The standard InChI is InChI=1S/C25H23N3O4/c26-23-13-12-17(15-24(23)28(30)31)7-5-6-14-27-25(29)32-16-22-20-10-3-1-8-18(20)19-9-2-4-11-21(19)22/h1-5,7-13,15,22H,6,14,16,26H2,(H,27,29). The Bertz CT molecular complexity index is 1140. The molecule has 1 aliphatic carbocycles. The van der Waals surface area contributed by atoms with Gasteiger partial charge in [0, 0.05) is 18.5 Å². The molecule has 3 N–H and O–H groups in total. The van der Waals surface area contributed by atoms with E-state index in [1.54, 1.807) is 12.1 Å². The quantitative estimate of drug-likeness (QED) is 0.235. The molecule has 0 spiro atoms. The summed E-state index contributed by atoms with van der Waals surface area (Å²) in [6.07, 6.45) is 3.68. The SMILES string of the molecule is Nc1ccc(C=CCCNC(=O)OCC2c3ccccc3-c3ccccc32)cc1[N+](=O)[O-]. The first-order valence-corrected chi connectivity index (χ1v) is 10.3. The van der Waals surface area contributed by atoms with Crippen LogP contribution >= 0.6 is 0 Å². The third kappa shape index (κ3) is 4.46. The molecule has 32 heavy (non-hydrogen) atoms. The summed E-state index contributed by atoms with van der Waals surface area (Å²) in [4.78, 5) is 22.6. The van der Waals surface area contributed by atoms with Crippen molar-refractivity contribution >= 4 is 23.5 Å². The molecule has 7 heteroatoms. The van der Waals surface area contributed by atoms with Crippen LogP contribution in [0.3, 0.4) is 0 Å². The number of rotatable bonds is 7. The van der Waals surface area contributed by atoms with E-state index in [9.17, 15) is 14.9 Å². The van der Waals surface area contributed by atoms with Crippen LogP contribution in [0.1, 0.15) is 29.0 Å². The number of fused-ring (bicyclic) bond motifs is 3. The van der Waals surface area contributed by atoms with E-state index in [4.69, 9.17) is 10.5 Å². The van der Waals surface area contributed by atoms with Gasteiger partial charge in [-0.3, -0.25) is 10.1 Å². The molecule has 0 saturated heterocycles. The molecule has 4 rings (SSSR count). The smallest absolute Gasteiger partial charge is 0.407 e. The molecular formula is C25H23N3O4. The molecule has 7 nitrogen and oxygen atoms in total. The van der Waals surface area contributed by atoms with Crippen LogP contribution in [0.4, 0.5) is 16.2 Å². The van der Waals surface area contributed by atoms with Gasteiger partial charge in [-0.25, -0.2) is 4.79 Å². The fraction of sp³-hybridized carbons (Fsp3) is 0.160. The van der Waals surface area contributed by atoms with Crippen molar-refractivity contribution in [3.8, 4) is 11.1 Å². The molecule has 162 valence electrons. The Morgan fingerprint density at radius 1 is 1.06 bits per heavy atom. The van der Waals surface area contributed by atoms with Crippen LogP contribution < -0.4 is 11.1 Å². The number of anilines is 1. The number of alkyl carbamates (subject to hydrolysis) is 1. The summed E-state index contributed by atoms with van der Waals surface area (Å²) in [5.74, 6) is 0.0225. The fourth-order valence-corrected chi connectivity index (χ4v) is 3.95. The number of nitrogen functional groups attached to an aromatic ring is 1. The molecule has 0 heterocycles. The van der Waals surface area contributed by atoms with E-state index in [-0.39, 0.29) is 23.9 Å². The lowest BCUT2D eigenvalue weighted by atomic mass is 9.98. The number of amides is 1. The first kappa shape index (κ1) is 21.1. The second-order valence-corrected chi connectivity index (χ2v) is 7.52. The van der Waals surface area contributed by atoms with E-state index in [0.717, 1.165) is 0 Å². The summed E-state index contributed by atoms with van der Waals surface area (Å²) in [5, 5.41) is 13.7. The van der Waals surface area contributed by atoms with Gasteiger partial charge in [-0.1, -0.05) is 66.7 Å². The Morgan fingerprint density at radius 3 is 2.38 bits per heavy atom. The van der Waals surface area contributed by atoms with Gasteiger partial charge in [-0.05, 0) is 40.3 Å². The monoisotopic (exact) mass is 429 g/mol. The highest BCUT2D eigenvalue weighted by molar-refractivity contribution is 5.79. The molecule has 0 fully saturated rings. The summed E-state index contributed by atoms with van der Waals surface area (Å²) in [6.45, 7) is 0.662. The lowest BCUT2D eigenvalue weighted by Crippen LogP contribution is -2.26. The number of nitrogens with zero attached hydrogens (tertiary/aromatic N) is 1. The maximum Gasteiger partial charge on any atom is 0.407 e. The molecule has 0 aliphatic heterocycles. The van der Waals surface area contributed by atoms with Crippen molar-refractivity contribution in [3.63, 3.8) is 0 Å². The number of hydrogen-bond acceptors (Lipinski definition) is 5. The van der Waals surface area contributed by atoms with Gasteiger partial charge in [0.2, 0.25) is 0 Å². The summed E-state index contributed by atoms with van der Waals surface area (Å²) >= 11 is 0. The highest BCUT2D eigenvalue weighted by Crippen LogP contribution is 2.44. The molecular weight excluding hydrogens is 406 g/mol. The van der Waals surface area contributed by atoms with E-state index in [0.29, 0.717) is 18.5 Å². The van der Waals surface area contributed by atoms with Gasteiger partial charge in [-0.2, -0.15) is 0 Å². The average Bonchev–Trinajstić information content (AvgIpc) is 3.12. The van der Waals surface area contributed by atoms with Gasteiger partial charge < -0.3 is 15.8 Å². The number of ether oxygens (including phenoxy) is 1. The van der Waals surface area contributed by atoms with Crippen LogP contribution in [0.5, 0.6) is 0 Å². The Hall–Kier alpha value is -4.13. The van der Waals surface area contributed by atoms with Crippen LogP contribution in [0, 0.1) is 10.1 Å². The first-order chi connectivity index (χ1) is 15.5. The molecule has 1 aliphatic rings. The van der Waals surface area contributed by atoms with Crippen molar-refractivity contribution in [2.75, 3.05) is 18.9 Å². The van der Waals surface area contributed by atoms with Crippen LogP contribution in [-0.4, -0.2) is 24.2 Å². The van der Waals surface area contributed by atoms with Gasteiger partial charge >= 0.3 is 6.09 Å². The molecule has 0 aromatic heterocycles. The molecule has 1 amide bonds. The highest BCUT2D eigenvalue weighted by Gasteiger charge is 2.28. The Kier molecular flexibility index (Phi) is 6.17. The normalized spacial score (nSPS) is 12.4. The predicted octanol–water partition coefficient (Wildman–Crippen LogP) is 5.12. The second kappa shape index (κ2) is 9.34. The van der Waals surface area contributed by atoms with E-state index in [1.807, 2.05) is 30.3 Å². The van der Waals surface area contributed by atoms with Crippen molar-refractivity contribution in [1.82, 2.24) is 5.32 Å². The molecule has 3 aromatic carbocycles. The first-order valence-electron chi connectivity index (χ1n) is 10.3. The number of nitrogens with one attached hydrogen (secondary N) is 1. The van der Waals surface area contributed by atoms with Crippen molar-refractivity contribution < 1.29 is 14.5 Å². The Labute approximate surface area is 185 Å². The Balaban J connectivity index is 1.27. The zero-order valence-corrected chi connectivity index (χ0v) is 17.4. The lowest BCUT2D eigenvalue weighted by Gasteiger charge is -2.14. The number of carbonyl (C=O) groups excluding carboxylic acids is 1. The minimum atomic E-state index is -0.509. The zero-order chi connectivity index (χ0) is 22.5. The molecule has 3 aromatic rings. The Morgan fingerprint density at radius 2 is 1.72 bits per heavy atom. The van der Waals surface area contributed by atoms with E-state index < -0.39 is 11.0 Å². The number of nitro benzene ring substituents is 1. The number of benzene rings is 3. The number of nitro groups is 1. The predicted molar refractivity (Wildman–Crippen MR) is 124 cm³/mol. The topological polar surface area (TPSA) is 107 Å². The molecule has 0 saturated carbocycles. The van der Waals surface area contributed by atoms with Gasteiger partial charge in [0.1, 0.15) is 12.3 Å². The summed E-state index contributed by atoms with van der Waals surface area (Å²) < 4.78 is 5.50. The van der Waals surface area contributed by atoms with Gasteiger partial charge in [-0.15, -0.1) is 0 Å². The van der Waals surface area contributed by atoms with Crippen LogP contribution in [0.25, 0.3) is 17.2 Å². The average molecular weight is 429 g/mol. The van der Waals surface area contributed by atoms with E-state index in [1.165, 1.54) is 34.4 Å². The van der Waals surface area contributed by atoms with Crippen molar-refractivity contribution in [2.24, 2.45) is 0 Å². The lowest BCUT2D eigenvalue weighted by molar-refractivity contribution is -0.383. The van der Waals surface area contributed by atoms with E-state index in [2.05, 4.69) is 29.6 Å². The van der Waals surface area contributed by atoms with Gasteiger partial charge in [0.05, 0.1) is 4.92 Å². The minimum absolute atomic E-state index is 0.0225. The fourth-order valence-electron chi connectivity index (χ4n) is 3.95. The van der Waals surface area contributed by atoms with Crippen molar-refractivity contribution in [3.05, 3.63) is 99.6 Å². The number of nitrogens with two attached hydrogens (primary N) is 1. The summed E-state index contributed by atoms with van der Waals surface area (Å²) in [5.41, 5.74) is 11.0. The van der Waals surface area contributed by atoms with Crippen LogP contribution in [-0.2, 0) is 4.74 Å². The van der Waals surface area contributed by atoms with Crippen molar-refractivity contribution in [2.45, 2.75) is 12.3 Å². The third-order valence-electron chi connectivity index (χ3n) is 5.49. The molecule has 0 radical (unpaired) electrons. The zero-order valence-electron chi connectivity index (χ0n) is 17.4. The minimum Gasteiger partial charge on any atom is -0.449 e. The maximum atomic E-state index is 12.2. The summed E-state index contributed by atoms with van der Waals surface area (Å²) in [7, 11) is 0. The van der Waals surface area contributed by atoms with Crippen molar-refractivity contribution in [1.29, 1.82) is 0 Å². The van der Waals surface area contributed by atoms with Gasteiger partial charge in [0.25, 0.3) is 5.69 Å². The number of hydrogen-bond donors (Lipinski definition) is 2. The summed E-state index contributed by atoms with van der Waals surface area (Å²) in [6, 6.07) is 21.0. The largest absolute Gasteiger partial charge is 0.449 e. The number of carbonyl (C=O) groups is 1. The third-order valence-corrected chi connectivity index (χ3v) is 5.49. The van der Waals surface area contributed by atoms with Gasteiger partial charge in [0.15, 0.2) is 0 Å². The van der Waals surface area contributed by atoms with Crippen LogP contribution in [0.15, 0.2) is 72.8 Å². The molecule has 0 bridgehead atoms. The maximum absolute atomic E-state index is 12.2. The second-order valence-electron chi connectivity index (χ2n) is 7.52. The molecule has 0 unspecified atom stereocenters. The van der Waals surface area contributed by atoms with Crippen LogP contribution in [0.2, 0.25) is 0 Å².